The van der Waals surface area contributed by atoms with Crippen LogP contribution in [0.5, 0.6) is 5.75 Å². The third kappa shape index (κ3) is 9.89. The van der Waals surface area contributed by atoms with Gasteiger partial charge in [0.05, 0.1) is 18.1 Å². The zero-order chi connectivity index (χ0) is 29.6. The van der Waals surface area contributed by atoms with Crippen molar-refractivity contribution in [3.8, 4) is 11.8 Å². The number of pyridine rings is 1. The first kappa shape index (κ1) is 30.5. The lowest BCUT2D eigenvalue weighted by Gasteiger charge is -2.24. The van der Waals surface area contributed by atoms with Crippen molar-refractivity contribution in [3.63, 3.8) is 0 Å². The first-order chi connectivity index (χ1) is 20.5. The van der Waals surface area contributed by atoms with Crippen molar-refractivity contribution >= 4 is 17.7 Å². The maximum atomic E-state index is 12.6. The predicted octanol–water partition coefficient (Wildman–Crippen LogP) is 4.22. The number of aromatic nitrogens is 1. The van der Waals surface area contributed by atoms with Gasteiger partial charge >= 0.3 is 5.97 Å². The monoisotopic (exact) mass is 569 g/mol. The number of aryl methyl sites for hydroxylation is 2. The van der Waals surface area contributed by atoms with Crippen LogP contribution in [0.4, 0.5) is 5.82 Å². The molecule has 9 heteroatoms. The number of fused-ring (bicyclic) bond motifs is 1. The van der Waals surface area contributed by atoms with E-state index in [9.17, 15) is 14.7 Å². The van der Waals surface area contributed by atoms with Crippen molar-refractivity contribution < 1.29 is 19.4 Å². The van der Waals surface area contributed by atoms with Crippen LogP contribution in [0.2, 0.25) is 0 Å². The summed E-state index contributed by atoms with van der Waals surface area (Å²) in [4.78, 5) is 31.6. The minimum absolute atomic E-state index is 0.0141. The van der Waals surface area contributed by atoms with Gasteiger partial charge in [-0.2, -0.15) is 5.26 Å². The standard InChI is InChI=1S/C33H39N5O4/c34-24-26-9-6-8-25(22-26)23-31(39)37-30(33(40)41)16-19-38(20-21-42-29-12-2-1-3-13-29)18-5-4-11-28-15-14-27-10-7-17-35-32(27)36-28/h1-3,6,8-9,12-15,22,30H,4-5,7,10-11,16-21,23H2,(H,35,36)(H,37,39)(H,40,41). The number of para-hydroxylation sites is 1. The van der Waals surface area contributed by atoms with Gasteiger partial charge in [-0.05, 0) is 86.5 Å². The number of carboxylic acids is 1. The predicted molar refractivity (Wildman–Crippen MR) is 161 cm³/mol. The Labute approximate surface area is 247 Å². The molecular weight excluding hydrogens is 530 g/mol. The molecule has 3 N–H and O–H groups in total. The number of nitriles is 1. The normalized spacial score (nSPS) is 13.0. The number of nitrogens with zero attached hydrogens (tertiary/aromatic N) is 3. The topological polar surface area (TPSA) is 128 Å². The molecule has 0 aliphatic carbocycles. The Morgan fingerprint density at radius 2 is 1.93 bits per heavy atom. The first-order valence-corrected chi connectivity index (χ1v) is 14.6. The molecule has 0 bridgehead atoms. The molecule has 1 aliphatic heterocycles. The number of hydrogen-bond donors (Lipinski definition) is 3. The number of amides is 1. The second-order valence-corrected chi connectivity index (χ2v) is 10.5. The fourth-order valence-corrected chi connectivity index (χ4v) is 5.04. The number of unbranched alkanes of at least 4 members (excludes halogenated alkanes) is 1. The highest BCUT2D eigenvalue weighted by atomic mass is 16.5. The minimum Gasteiger partial charge on any atom is -0.492 e. The Balaban J connectivity index is 1.29. The Bertz CT molecular complexity index is 1360. The third-order valence-electron chi connectivity index (χ3n) is 7.32. The quantitative estimate of drug-likeness (QED) is 0.219. The van der Waals surface area contributed by atoms with Crippen LogP contribution in [0.1, 0.15) is 48.1 Å². The van der Waals surface area contributed by atoms with Crippen molar-refractivity contribution in [2.75, 3.05) is 38.1 Å². The fourth-order valence-electron chi connectivity index (χ4n) is 5.04. The Morgan fingerprint density at radius 1 is 1.07 bits per heavy atom. The minimum atomic E-state index is -1.07. The molecule has 220 valence electrons. The van der Waals surface area contributed by atoms with Crippen LogP contribution in [0, 0.1) is 11.3 Å². The van der Waals surface area contributed by atoms with Gasteiger partial charge < -0.3 is 20.5 Å². The van der Waals surface area contributed by atoms with E-state index < -0.39 is 12.0 Å². The summed E-state index contributed by atoms with van der Waals surface area (Å²) in [6.07, 6.45) is 5.26. The van der Waals surface area contributed by atoms with E-state index in [0.717, 1.165) is 62.5 Å². The Kier molecular flexibility index (Phi) is 11.7. The number of anilines is 1. The average molecular weight is 570 g/mol. The van der Waals surface area contributed by atoms with Crippen LogP contribution >= 0.6 is 0 Å². The average Bonchev–Trinajstić information content (AvgIpc) is 3.01. The summed E-state index contributed by atoms with van der Waals surface area (Å²) in [5.74, 6) is 0.351. The summed E-state index contributed by atoms with van der Waals surface area (Å²) in [6.45, 7) is 3.36. The molecule has 2 heterocycles. The molecule has 9 nitrogen and oxygen atoms in total. The van der Waals surface area contributed by atoms with Crippen molar-refractivity contribution in [3.05, 3.63) is 89.1 Å². The summed E-state index contributed by atoms with van der Waals surface area (Å²) >= 11 is 0. The number of carbonyl (C=O) groups excluding carboxylic acids is 1. The number of benzene rings is 2. The van der Waals surface area contributed by atoms with Gasteiger partial charge in [0, 0.05) is 25.3 Å². The molecule has 0 saturated heterocycles. The molecule has 0 saturated carbocycles. The van der Waals surface area contributed by atoms with Crippen LogP contribution < -0.4 is 15.4 Å². The van der Waals surface area contributed by atoms with E-state index in [1.54, 1.807) is 24.3 Å². The van der Waals surface area contributed by atoms with E-state index in [4.69, 9.17) is 15.0 Å². The molecular formula is C33H39N5O4. The molecule has 0 fully saturated rings. The Morgan fingerprint density at radius 3 is 2.74 bits per heavy atom. The van der Waals surface area contributed by atoms with Crippen LogP contribution in [-0.4, -0.2) is 65.7 Å². The van der Waals surface area contributed by atoms with E-state index >= 15 is 0 Å². The van der Waals surface area contributed by atoms with Crippen molar-refractivity contribution in [1.29, 1.82) is 5.26 Å². The number of nitrogens with one attached hydrogen (secondary N) is 2. The van der Waals surface area contributed by atoms with Gasteiger partial charge in [-0.25, -0.2) is 9.78 Å². The summed E-state index contributed by atoms with van der Waals surface area (Å²) in [5, 5.41) is 25.0. The van der Waals surface area contributed by atoms with E-state index in [0.29, 0.717) is 30.8 Å². The maximum Gasteiger partial charge on any atom is 0.326 e. The lowest BCUT2D eigenvalue weighted by atomic mass is 10.1. The number of ether oxygens (including phenoxy) is 1. The molecule has 1 aromatic heterocycles. The molecule has 1 atom stereocenters. The molecule has 0 spiro atoms. The Hall–Kier alpha value is -4.42. The number of carboxylic acid groups (broad SMARTS) is 1. The largest absolute Gasteiger partial charge is 0.492 e. The first-order valence-electron chi connectivity index (χ1n) is 14.6. The molecule has 1 aliphatic rings. The summed E-state index contributed by atoms with van der Waals surface area (Å²) in [6, 6.07) is 21.7. The van der Waals surface area contributed by atoms with Crippen LogP contribution in [0.25, 0.3) is 0 Å². The molecule has 42 heavy (non-hydrogen) atoms. The zero-order valence-electron chi connectivity index (χ0n) is 23.9. The van der Waals surface area contributed by atoms with Gasteiger partial charge in [0.2, 0.25) is 5.91 Å². The van der Waals surface area contributed by atoms with Crippen molar-refractivity contribution in [2.45, 2.75) is 51.0 Å². The summed E-state index contributed by atoms with van der Waals surface area (Å²) < 4.78 is 5.90. The highest BCUT2D eigenvalue weighted by molar-refractivity contribution is 5.84. The van der Waals surface area contributed by atoms with Crippen LogP contribution in [0.3, 0.4) is 0 Å². The second-order valence-electron chi connectivity index (χ2n) is 10.5. The maximum absolute atomic E-state index is 12.6. The van der Waals surface area contributed by atoms with E-state index in [2.05, 4.69) is 33.7 Å². The van der Waals surface area contributed by atoms with Gasteiger partial charge in [0.15, 0.2) is 0 Å². The number of aliphatic carboxylic acids is 1. The third-order valence-corrected chi connectivity index (χ3v) is 7.32. The lowest BCUT2D eigenvalue weighted by molar-refractivity contribution is -0.142. The highest BCUT2D eigenvalue weighted by Crippen LogP contribution is 2.20. The zero-order valence-corrected chi connectivity index (χ0v) is 23.9. The van der Waals surface area contributed by atoms with Gasteiger partial charge in [-0.3, -0.25) is 9.69 Å². The number of hydrogen-bond acceptors (Lipinski definition) is 7. The van der Waals surface area contributed by atoms with Gasteiger partial charge in [0.1, 0.15) is 24.2 Å². The lowest BCUT2D eigenvalue weighted by Crippen LogP contribution is -2.44. The molecule has 1 unspecified atom stereocenters. The smallest absolute Gasteiger partial charge is 0.326 e. The number of carbonyl (C=O) groups is 2. The summed E-state index contributed by atoms with van der Waals surface area (Å²) in [5.41, 5.74) is 3.49. The molecule has 4 rings (SSSR count). The molecule has 1 amide bonds. The second kappa shape index (κ2) is 16.1. The van der Waals surface area contributed by atoms with E-state index in [1.807, 2.05) is 30.3 Å². The summed E-state index contributed by atoms with van der Waals surface area (Å²) in [7, 11) is 0. The van der Waals surface area contributed by atoms with Crippen LogP contribution in [-0.2, 0) is 28.9 Å². The molecule has 3 aromatic rings. The van der Waals surface area contributed by atoms with E-state index in [1.165, 1.54) is 5.56 Å². The fraction of sp³-hybridized carbons (Fsp3) is 0.394. The van der Waals surface area contributed by atoms with Gasteiger partial charge in [-0.15, -0.1) is 0 Å². The van der Waals surface area contributed by atoms with Gasteiger partial charge in [-0.1, -0.05) is 36.4 Å². The van der Waals surface area contributed by atoms with Gasteiger partial charge in [0.25, 0.3) is 0 Å². The SMILES string of the molecule is N#Cc1cccc(CC(=O)NC(CCN(CCCCc2ccc3c(n2)NCCC3)CCOc2ccccc2)C(=O)O)c1. The van der Waals surface area contributed by atoms with Crippen LogP contribution in [0.15, 0.2) is 66.7 Å². The highest BCUT2D eigenvalue weighted by Gasteiger charge is 2.21. The van der Waals surface area contributed by atoms with Crippen molar-refractivity contribution in [1.82, 2.24) is 15.2 Å². The van der Waals surface area contributed by atoms with Crippen molar-refractivity contribution in [2.24, 2.45) is 0 Å². The molecule has 2 aromatic carbocycles. The molecule has 0 radical (unpaired) electrons. The van der Waals surface area contributed by atoms with E-state index in [-0.39, 0.29) is 18.7 Å². The number of rotatable bonds is 16.